The van der Waals surface area contributed by atoms with Crippen LogP contribution < -0.4 is 0 Å². The number of carbonyl (C=O) groups excluding carboxylic acids is 1. The Morgan fingerprint density at radius 2 is 2.00 bits per heavy atom. The van der Waals surface area contributed by atoms with E-state index in [1.165, 1.54) is 11.0 Å². The molecule has 2 atom stereocenters. The highest BCUT2D eigenvalue weighted by atomic mass is 79.9. The van der Waals surface area contributed by atoms with Crippen LogP contribution >= 0.6 is 15.9 Å². The molecule has 0 aliphatic carbocycles. The maximum atomic E-state index is 12.3. The minimum Gasteiger partial charge on any atom is -0.480 e. The molecule has 1 amide bonds. The van der Waals surface area contributed by atoms with Gasteiger partial charge in [-0.05, 0) is 42.5 Å². The first-order valence-corrected chi connectivity index (χ1v) is 7.75. The Morgan fingerprint density at radius 1 is 1.33 bits per heavy atom. The lowest BCUT2D eigenvalue weighted by molar-refractivity contribution is -0.152. The quantitative estimate of drug-likeness (QED) is 0.850. The third kappa shape index (κ3) is 3.94. The topological polar surface area (TPSA) is 57.6 Å². The first kappa shape index (κ1) is 15.8. The lowest BCUT2D eigenvalue weighted by atomic mass is 9.90. The summed E-state index contributed by atoms with van der Waals surface area (Å²) in [6.45, 7) is 2.39. The summed E-state index contributed by atoms with van der Waals surface area (Å²) in [7, 11) is 0. The van der Waals surface area contributed by atoms with Gasteiger partial charge in [0.05, 0.1) is 0 Å². The molecule has 1 heterocycles. The molecule has 0 aromatic heterocycles. The van der Waals surface area contributed by atoms with Crippen LogP contribution in [0.4, 0.5) is 0 Å². The lowest BCUT2D eigenvalue weighted by Gasteiger charge is -2.36. The van der Waals surface area contributed by atoms with Crippen molar-refractivity contribution in [2.45, 2.75) is 25.8 Å². The van der Waals surface area contributed by atoms with E-state index in [0.29, 0.717) is 6.54 Å². The number of carboxylic acid groups (broad SMARTS) is 1. The standard InChI is InChI=1S/C16H18BrNO3/c1-11-3-2-10-18(15(11)16(20)21)14(19)9-6-12-4-7-13(17)8-5-12/h4-9,11,15H,2-3,10H2,1H3,(H,20,21)/b9-6+. The van der Waals surface area contributed by atoms with Gasteiger partial charge in [-0.15, -0.1) is 0 Å². The third-order valence-corrected chi connectivity index (χ3v) is 4.29. The second-order valence-electron chi connectivity index (χ2n) is 5.32. The van der Waals surface area contributed by atoms with Gasteiger partial charge in [0.1, 0.15) is 6.04 Å². The van der Waals surface area contributed by atoms with Gasteiger partial charge in [-0.1, -0.05) is 35.0 Å². The normalized spacial score (nSPS) is 22.5. The highest BCUT2D eigenvalue weighted by molar-refractivity contribution is 9.10. The Hall–Kier alpha value is -1.62. The zero-order valence-corrected chi connectivity index (χ0v) is 13.4. The molecule has 4 nitrogen and oxygen atoms in total. The number of nitrogens with zero attached hydrogens (tertiary/aromatic N) is 1. The zero-order chi connectivity index (χ0) is 15.4. The summed E-state index contributed by atoms with van der Waals surface area (Å²) < 4.78 is 0.974. The molecule has 1 aliphatic heterocycles. The maximum absolute atomic E-state index is 12.3. The molecule has 1 fully saturated rings. The van der Waals surface area contributed by atoms with E-state index in [1.54, 1.807) is 6.08 Å². The summed E-state index contributed by atoms with van der Waals surface area (Å²) >= 11 is 3.35. The van der Waals surface area contributed by atoms with Gasteiger partial charge in [-0.25, -0.2) is 4.79 Å². The molecule has 0 bridgehead atoms. The molecule has 2 rings (SSSR count). The second-order valence-corrected chi connectivity index (χ2v) is 6.23. The van der Waals surface area contributed by atoms with Crippen molar-refractivity contribution in [3.05, 3.63) is 40.4 Å². The van der Waals surface area contributed by atoms with Crippen molar-refractivity contribution in [1.82, 2.24) is 4.90 Å². The number of benzene rings is 1. The van der Waals surface area contributed by atoms with E-state index in [2.05, 4.69) is 15.9 Å². The minimum atomic E-state index is -0.924. The number of hydrogen-bond donors (Lipinski definition) is 1. The van der Waals surface area contributed by atoms with Crippen LogP contribution in [0.15, 0.2) is 34.8 Å². The van der Waals surface area contributed by atoms with Crippen molar-refractivity contribution >= 4 is 33.9 Å². The van der Waals surface area contributed by atoms with E-state index in [1.807, 2.05) is 31.2 Å². The molecule has 1 aliphatic rings. The van der Waals surface area contributed by atoms with Gasteiger partial charge in [-0.3, -0.25) is 4.79 Å². The summed E-state index contributed by atoms with van der Waals surface area (Å²) in [4.78, 5) is 25.1. The Morgan fingerprint density at radius 3 is 2.62 bits per heavy atom. The summed E-state index contributed by atoms with van der Waals surface area (Å²) in [6, 6.07) is 6.85. The first-order chi connectivity index (χ1) is 9.99. The lowest BCUT2D eigenvalue weighted by Crippen LogP contribution is -2.51. The van der Waals surface area contributed by atoms with Gasteiger partial charge in [0.2, 0.25) is 5.91 Å². The van der Waals surface area contributed by atoms with Crippen LogP contribution in [0.1, 0.15) is 25.3 Å². The van der Waals surface area contributed by atoms with Crippen LogP contribution in [0.25, 0.3) is 6.08 Å². The van der Waals surface area contributed by atoms with Crippen LogP contribution in [-0.4, -0.2) is 34.5 Å². The molecule has 0 radical (unpaired) electrons. The average Bonchev–Trinajstić information content (AvgIpc) is 2.45. The number of likely N-dealkylation sites (tertiary alicyclic amines) is 1. The summed E-state index contributed by atoms with van der Waals surface area (Å²) in [5.74, 6) is -1.18. The molecule has 5 heteroatoms. The predicted octanol–water partition coefficient (Wildman–Crippen LogP) is 3.17. The van der Waals surface area contributed by atoms with Crippen molar-refractivity contribution < 1.29 is 14.7 Å². The van der Waals surface area contributed by atoms with Crippen molar-refractivity contribution in [3.63, 3.8) is 0 Å². The first-order valence-electron chi connectivity index (χ1n) is 6.96. The molecular weight excluding hydrogens is 334 g/mol. The highest BCUT2D eigenvalue weighted by Crippen LogP contribution is 2.24. The Balaban J connectivity index is 2.10. The number of aliphatic carboxylic acids is 1. The summed E-state index contributed by atoms with van der Waals surface area (Å²) in [6.07, 6.45) is 4.87. The van der Waals surface area contributed by atoms with E-state index in [9.17, 15) is 14.7 Å². The van der Waals surface area contributed by atoms with Crippen LogP contribution in [0.5, 0.6) is 0 Å². The van der Waals surface area contributed by atoms with Gasteiger partial charge in [0.15, 0.2) is 0 Å². The fourth-order valence-electron chi connectivity index (χ4n) is 2.65. The molecule has 112 valence electrons. The van der Waals surface area contributed by atoms with Crippen molar-refractivity contribution in [3.8, 4) is 0 Å². The zero-order valence-electron chi connectivity index (χ0n) is 11.8. The molecule has 2 unspecified atom stereocenters. The average molecular weight is 352 g/mol. The molecule has 1 saturated heterocycles. The van der Waals surface area contributed by atoms with Crippen LogP contribution in [-0.2, 0) is 9.59 Å². The van der Waals surface area contributed by atoms with E-state index in [-0.39, 0.29) is 11.8 Å². The Kier molecular flexibility index (Phi) is 5.17. The van der Waals surface area contributed by atoms with Crippen LogP contribution in [0, 0.1) is 5.92 Å². The van der Waals surface area contributed by atoms with Gasteiger partial charge in [0.25, 0.3) is 0 Å². The van der Waals surface area contributed by atoms with Gasteiger partial charge < -0.3 is 10.0 Å². The predicted molar refractivity (Wildman–Crippen MR) is 84.7 cm³/mol. The smallest absolute Gasteiger partial charge is 0.326 e. The fraction of sp³-hybridized carbons (Fsp3) is 0.375. The highest BCUT2D eigenvalue weighted by Gasteiger charge is 2.36. The Bertz CT molecular complexity index is 553. The molecule has 0 spiro atoms. The summed E-state index contributed by atoms with van der Waals surface area (Å²) in [5.41, 5.74) is 0.906. The number of piperidine rings is 1. The molecular formula is C16H18BrNO3. The van der Waals surface area contributed by atoms with E-state index in [0.717, 1.165) is 22.9 Å². The van der Waals surface area contributed by atoms with E-state index < -0.39 is 12.0 Å². The monoisotopic (exact) mass is 351 g/mol. The van der Waals surface area contributed by atoms with Gasteiger partial charge >= 0.3 is 5.97 Å². The van der Waals surface area contributed by atoms with E-state index in [4.69, 9.17) is 0 Å². The van der Waals surface area contributed by atoms with Gasteiger partial charge in [0, 0.05) is 17.1 Å². The molecule has 1 aromatic rings. The van der Waals surface area contributed by atoms with Crippen LogP contribution in [0.2, 0.25) is 0 Å². The molecule has 21 heavy (non-hydrogen) atoms. The number of hydrogen-bond acceptors (Lipinski definition) is 2. The summed E-state index contributed by atoms with van der Waals surface area (Å²) in [5, 5.41) is 9.32. The minimum absolute atomic E-state index is 0.0127. The number of halogens is 1. The second kappa shape index (κ2) is 6.89. The van der Waals surface area contributed by atoms with Crippen molar-refractivity contribution in [2.24, 2.45) is 5.92 Å². The van der Waals surface area contributed by atoms with Crippen molar-refractivity contribution in [2.75, 3.05) is 6.54 Å². The van der Waals surface area contributed by atoms with E-state index >= 15 is 0 Å². The van der Waals surface area contributed by atoms with Crippen molar-refractivity contribution in [1.29, 1.82) is 0 Å². The number of rotatable bonds is 3. The van der Waals surface area contributed by atoms with Gasteiger partial charge in [-0.2, -0.15) is 0 Å². The number of carbonyl (C=O) groups is 2. The number of carboxylic acids is 1. The molecule has 0 saturated carbocycles. The third-order valence-electron chi connectivity index (χ3n) is 3.76. The Labute approximate surface area is 132 Å². The molecule has 1 aromatic carbocycles. The number of amides is 1. The van der Waals surface area contributed by atoms with Crippen LogP contribution in [0.3, 0.4) is 0 Å². The molecule has 1 N–H and O–H groups in total. The SMILES string of the molecule is CC1CCCN(C(=O)/C=C/c2ccc(Br)cc2)C1C(=O)O. The maximum Gasteiger partial charge on any atom is 0.326 e. The largest absolute Gasteiger partial charge is 0.480 e. The fourth-order valence-corrected chi connectivity index (χ4v) is 2.91.